The largest absolute Gasteiger partial charge is 0.393 e. The van der Waals surface area contributed by atoms with Crippen LogP contribution in [0.1, 0.15) is 31.2 Å². The van der Waals surface area contributed by atoms with Gasteiger partial charge in [-0.15, -0.1) is 0 Å². The van der Waals surface area contributed by atoms with Crippen LogP contribution in [-0.4, -0.2) is 45.4 Å². The van der Waals surface area contributed by atoms with Gasteiger partial charge in [0.15, 0.2) is 0 Å². The lowest BCUT2D eigenvalue weighted by Gasteiger charge is -2.33. The number of benzene rings is 1. The number of hydrogen-bond donors (Lipinski definition) is 1. The maximum Gasteiger partial charge on any atom is 0.226 e. The van der Waals surface area contributed by atoms with Crippen molar-refractivity contribution in [3.8, 4) is 0 Å². The molecular formula is C15H19N3O3. The molecule has 0 bridgehead atoms. The SMILES string of the molecule is CN(C(=O)Cc1ccc2nonc2c1)[C@H]1CCC[C@H](O)C1. The quantitative estimate of drug-likeness (QED) is 0.927. The van der Waals surface area contributed by atoms with E-state index in [1.807, 2.05) is 19.2 Å². The van der Waals surface area contributed by atoms with Crippen molar-refractivity contribution in [2.45, 2.75) is 44.2 Å². The van der Waals surface area contributed by atoms with Crippen LogP contribution in [0.15, 0.2) is 22.8 Å². The summed E-state index contributed by atoms with van der Waals surface area (Å²) >= 11 is 0. The third kappa shape index (κ3) is 3.05. The van der Waals surface area contributed by atoms with Gasteiger partial charge in [-0.2, -0.15) is 0 Å². The smallest absolute Gasteiger partial charge is 0.226 e. The minimum Gasteiger partial charge on any atom is -0.393 e. The Morgan fingerprint density at radius 2 is 2.19 bits per heavy atom. The first-order valence-electron chi connectivity index (χ1n) is 7.28. The van der Waals surface area contributed by atoms with Gasteiger partial charge in [-0.05, 0) is 53.7 Å². The third-order valence-electron chi connectivity index (χ3n) is 4.23. The van der Waals surface area contributed by atoms with Crippen LogP contribution in [0, 0.1) is 0 Å². The monoisotopic (exact) mass is 289 g/mol. The van der Waals surface area contributed by atoms with Gasteiger partial charge in [-0.25, -0.2) is 4.63 Å². The van der Waals surface area contributed by atoms with Crippen molar-refractivity contribution >= 4 is 16.9 Å². The predicted octanol–water partition coefficient (Wildman–Crippen LogP) is 1.53. The summed E-state index contributed by atoms with van der Waals surface area (Å²) in [7, 11) is 1.82. The summed E-state index contributed by atoms with van der Waals surface area (Å²) in [5, 5.41) is 17.3. The number of amides is 1. The number of hydrogen-bond acceptors (Lipinski definition) is 5. The van der Waals surface area contributed by atoms with Crippen molar-refractivity contribution < 1.29 is 14.5 Å². The molecule has 0 saturated heterocycles. The van der Waals surface area contributed by atoms with Gasteiger partial charge >= 0.3 is 0 Å². The van der Waals surface area contributed by atoms with E-state index in [1.165, 1.54) is 0 Å². The Hall–Kier alpha value is -1.95. The Bertz CT molecular complexity index is 640. The van der Waals surface area contributed by atoms with Crippen molar-refractivity contribution in [3.63, 3.8) is 0 Å². The Labute approximate surface area is 122 Å². The van der Waals surface area contributed by atoms with Crippen molar-refractivity contribution in [1.82, 2.24) is 15.2 Å². The van der Waals surface area contributed by atoms with Gasteiger partial charge in [-0.3, -0.25) is 4.79 Å². The molecule has 0 radical (unpaired) electrons. The van der Waals surface area contributed by atoms with E-state index in [0.29, 0.717) is 23.9 Å². The molecule has 1 amide bonds. The molecule has 0 spiro atoms. The normalized spacial score (nSPS) is 22.4. The molecule has 2 atom stereocenters. The molecular weight excluding hydrogens is 270 g/mol. The first-order chi connectivity index (χ1) is 10.1. The van der Waals surface area contributed by atoms with Gasteiger partial charge in [0.2, 0.25) is 5.91 Å². The average Bonchev–Trinajstić information content (AvgIpc) is 2.94. The molecule has 1 aliphatic carbocycles. The second-order valence-electron chi connectivity index (χ2n) is 5.74. The van der Waals surface area contributed by atoms with E-state index >= 15 is 0 Å². The summed E-state index contributed by atoms with van der Waals surface area (Å²) in [4.78, 5) is 14.1. The molecule has 1 fully saturated rings. The Morgan fingerprint density at radius 1 is 1.38 bits per heavy atom. The second-order valence-corrected chi connectivity index (χ2v) is 5.74. The lowest BCUT2D eigenvalue weighted by Crippen LogP contribution is -2.42. The number of carbonyl (C=O) groups is 1. The maximum absolute atomic E-state index is 12.4. The number of aromatic nitrogens is 2. The predicted molar refractivity (Wildman–Crippen MR) is 76.5 cm³/mol. The minimum absolute atomic E-state index is 0.0601. The van der Waals surface area contributed by atoms with E-state index in [-0.39, 0.29) is 18.1 Å². The summed E-state index contributed by atoms with van der Waals surface area (Å²) in [6, 6.07) is 5.64. The first kappa shape index (κ1) is 14.0. The molecule has 21 heavy (non-hydrogen) atoms. The minimum atomic E-state index is -0.281. The van der Waals surface area contributed by atoms with E-state index in [1.54, 1.807) is 11.0 Å². The highest BCUT2D eigenvalue weighted by atomic mass is 16.6. The maximum atomic E-state index is 12.4. The van der Waals surface area contributed by atoms with Gasteiger partial charge < -0.3 is 10.0 Å². The molecule has 6 nitrogen and oxygen atoms in total. The highest BCUT2D eigenvalue weighted by Crippen LogP contribution is 2.23. The van der Waals surface area contributed by atoms with Crippen molar-refractivity contribution in [2.75, 3.05) is 7.05 Å². The zero-order valence-electron chi connectivity index (χ0n) is 12.0. The summed E-state index contributed by atoms with van der Waals surface area (Å²) in [6.45, 7) is 0. The third-order valence-corrected chi connectivity index (χ3v) is 4.23. The summed E-state index contributed by atoms with van der Waals surface area (Å²) < 4.78 is 4.66. The Morgan fingerprint density at radius 3 is 3.00 bits per heavy atom. The molecule has 0 aliphatic heterocycles. The number of aliphatic hydroxyl groups is 1. The van der Waals surface area contributed by atoms with Gasteiger partial charge in [0.1, 0.15) is 11.0 Å². The zero-order valence-corrected chi connectivity index (χ0v) is 12.0. The molecule has 2 aromatic rings. The van der Waals surface area contributed by atoms with Crippen LogP contribution in [0.4, 0.5) is 0 Å². The van der Waals surface area contributed by atoms with Gasteiger partial charge in [0.25, 0.3) is 0 Å². The number of rotatable bonds is 3. The fourth-order valence-electron chi connectivity index (χ4n) is 2.93. The van der Waals surface area contributed by atoms with Crippen LogP contribution in [0.2, 0.25) is 0 Å². The van der Waals surface area contributed by atoms with Crippen molar-refractivity contribution in [3.05, 3.63) is 23.8 Å². The Balaban J connectivity index is 1.67. The van der Waals surface area contributed by atoms with E-state index in [9.17, 15) is 9.90 Å². The van der Waals surface area contributed by atoms with Gasteiger partial charge in [0, 0.05) is 13.1 Å². The van der Waals surface area contributed by atoms with Gasteiger partial charge in [-0.1, -0.05) is 6.07 Å². The number of likely N-dealkylation sites (N-methyl/N-ethyl adjacent to an activating group) is 1. The van der Waals surface area contributed by atoms with Crippen LogP contribution in [0.3, 0.4) is 0 Å². The molecule has 1 aliphatic rings. The molecule has 0 unspecified atom stereocenters. The van der Waals surface area contributed by atoms with Gasteiger partial charge in [0.05, 0.1) is 12.5 Å². The fourth-order valence-corrected chi connectivity index (χ4v) is 2.93. The average molecular weight is 289 g/mol. The molecule has 1 N–H and O–H groups in total. The number of nitrogens with zero attached hydrogens (tertiary/aromatic N) is 3. The van der Waals surface area contributed by atoms with E-state index in [4.69, 9.17) is 0 Å². The first-order valence-corrected chi connectivity index (χ1v) is 7.28. The standard InChI is InChI=1S/C15H19N3O3/c1-18(11-3-2-4-12(19)9-11)15(20)8-10-5-6-13-14(7-10)17-21-16-13/h5-7,11-12,19H,2-4,8-9H2,1H3/t11-,12-/m0/s1. The van der Waals surface area contributed by atoms with Crippen molar-refractivity contribution in [2.24, 2.45) is 0 Å². The Kier molecular flexibility index (Phi) is 3.88. The highest BCUT2D eigenvalue weighted by Gasteiger charge is 2.26. The number of carbonyl (C=O) groups excluding carboxylic acids is 1. The molecule has 1 aromatic heterocycles. The molecule has 1 heterocycles. The molecule has 112 valence electrons. The second kappa shape index (κ2) is 5.81. The summed E-state index contributed by atoms with van der Waals surface area (Å²) in [5.74, 6) is 0.0601. The number of aliphatic hydroxyl groups excluding tert-OH is 1. The van der Waals surface area contributed by atoms with Crippen molar-refractivity contribution in [1.29, 1.82) is 0 Å². The van der Waals surface area contributed by atoms with Crippen LogP contribution in [-0.2, 0) is 11.2 Å². The lowest BCUT2D eigenvalue weighted by atomic mass is 9.92. The van der Waals surface area contributed by atoms with Crippen LogP contribution < -0.4 is 0 Å². The molecule has 1 saturated carbocycles. The fraction of sp³-hybridized carbons (Fsp3) is 0.533. The molecule has 6 heteroatoms. The van der Waals surface area contributed by atoms with E-state index in [2.05, 4.69) is 14.9 Å². The highest BCUT2D eigenvalue weighted by molar-refractivity contribution is 5.81. The molecule has 3 rings (SSSR count). The van der Waals surface area contributed by atoms with Crippen LogP contribution >= 0.6 is 0 Å². The number of fused-ring (bicyclic) bond motifs is 1. The van der Waals surface area contributed by atoms with E-state index in [0.717, 1.165) is 24.8 Å². The van der Waals surface area contributed by atoms with Crippen LogP contribution in [0.5, 0.6) is 0 Å². The summed E-state index contributed by atoms with van der Waals surface area (Å²) in [6.07, 6.45) is 3.50. The topological polar surface area (TPSA) is 79.5 Å². The van der Waals surface area contributed by atoms with Crippen LogP contribution in [0.25, 0.3) is 11.0 Å². The lowest BCUT2D eigenvalue weighted by molar-refractivity contribution is -0.132. The summed E-state index contributed by atoms with van der Waals surface area (Å²) in [5.41, 5.74) is 2.25. The molecule has 1 aromatic carbocycles. The van der Waals surface area contributed by atoms with E-state index < -0.39 is 0 Å². The zero-order chi connectivity index (χ0) is 14.8.